The predicted molar refractivity (Wildman–Crippen MR) is 107 cm³/mol. The molecule has 3 aromatic heterocycles. The van der Waals surface area contributed by atoms with E-state index in [4.69, 9.17) is 11.6 Å². The average molecular weight is 534 g/mol. The summed E-state index contributed by atoms with van der Waals surface area (Å²) in [7, 11) is 0. The number of hydrogen-bond donors (Lipinski definition) is 2. The summed E-state index contributed by atoms with van der Waals surface area (Å²) in [6.45, 7) is 0.0424. The van der Waals surface area contributed by atoms with Crippen molar-refractivity contribution in [2.75, 3.05) is 6.54 Å². The number of carbonyl (C=O) groups excluding carboxylic acids is 1. The van der Waals surface area contributed by atoms with Crippen LogP contribution in [0.3, 0.4) is 0 Å². The third kappa shape index (κ3) is 4.23. The molecule has 4 rings (SSSR count). The van der Waals surface area contributed by atoms with Crippen LogP contribution in [-0.2, 0) is 6.18 Å². The van der Waals surface area contributed by atoms with Gasteiger partial charge in [0.05, 0.1) is 35.7 Å². The number of dihydropyridines is 1. The quantitative estimate of drug-likeness (QED) is 0.395. The highest BCUT2D eigenvalue weighted by Crippen LogP contribution is 2.34. The van der Waals surface area contributed by atoms with Crippen LogP contribution >= 0.6 is 27.5 Å². The predicted octanol–water partition coefficient (Wildman–Crippen LogP) is 3.06. The van der Waals surface area contributed by atoms with Crippen LogP contribution < -0.4 is 10.6 Å². The van der Waals surface area contributed by atoms with Crippen LogP contribution in [0.5, 0.6) is 0 Å². The van der Waals surface area contributed by atoms with Gasteiger partial charge in [0.1, 0.15) is 4.60 Å². The third-order valence-corrected chi connectivity index (χ3v) is 5.00. The number of pyridine rings is 1. The second-order valence-electron chi connectivity index (χ2n) is 6.25. The Labute approximate surface area is 189 Å². The number of alkyl halides is 3. The van der Waals surface area contributed by atoms with Crippen LogP contribution in [0.1, 0.15) is 16.1 Å². The molecule has 3 aromatic rings. The van der Waals surface area contributed by atoms with Crippen molar-refractivity contribution < 1.29 is 22.4 Å². The molecule has 9 nitrogen and oxygen atoms in total. The van der Waals surface area contributed by atoms with Crippen molar-refractivity contribution in [3.8, 4) is 5.82 Å². The Kier molecular flexibility index (Phi) is 5.73. The summed E-state index contributed by atoms with van der Waals surface area (Å²) >= 11 is 8.98. The Morgan fingerprint density at radius 1 is 1.22 bits per heavy atom. The van der Waals surface area contributed by atoms with E-state index in [-0.39, 0.29) is 27.7 Å². The lowest BCUT2D eigenvalue weighted by molar-refractivity contribution is -0.143. The van der Waals surface area contributed by atoms with Crippen LogP contribution in [-0.4, -0.2) is 42.2 Å². The van der Waals surface area contributed by atoms with Gasteiger partial charge in [0.25, 0.3) is 5.91 Å². The van der Waals surface area contributed by atoms with Crippen molar-refractivity contribution in [1.29, 1.82) is 0 Å². The molecule has 0 atom stereocenters. The molecule has 15 heteroatoms. The van der Waals surface area contributed by atoms with E-state index in [0.29, 0.717) is 10.5 Å². The highest BCUT2D eigenvalue weighted by atomic mass is 79.9. The number of allylic oxidation sites excluding steroid dienone is 2. The SMILES string of the molecule is O=C(NC1=CC(Cl)=C(n2nccn2)NC1)c1cnn(-c2ccc(F)c(Br)n2)c1C(F)(F)F. The Bertz CT molecular complexity index is 1250. The molecule has 0 aromatic carbocycles. The summed E-state index contributed by atoms with van der Waals surface area (Å²) in [6.07, 6.45) is 0.0339. The van der Waals surface area contributed by atoms with Gasteiger partial charge in [0.2, 0.25) is 0 Å². The van der Waals surface area contributed by atoms with Gasteiger partial charge in [0, 0.05) is 5.70 Å². The molecule has 32 heavy (non-hydrogen) atoms. The number of halogens is 6. The van der Waals surface area contributed by atoms with Gasteiger partial charge < -0.3 is 10.6 Å². The number of aromatic nitrogens is 6. The number of rotatable bonds is 4. The molecule has 1 aliphatic heterocycles. The lowest BCUT2D eigenvalue weighted by Gasteiger charge is -2.19. The van der Waals surface area contributed by atoms with E-state index < -0.39 is 29.2 Å². The first kappa shape index (κ1) is 22.0. The Hall–Kier alpha value is -3.26. The average Bonchev–Trinajstić information content (AvgIpc) is 3.40. The molecule has 2 N–H and O–H groups in total. The van der Waals surface area contributed by atoms with Crippen molar-refractivity contribution in [2.24, 2.45) is 0 Å². The molecular formula is C17H10BrClF4N8O. The second-order valence-corrected chi connectivity index (χ2v) is 7.41. The van der Waals surface area contributed by atoms with E-state index in [9.17, 15) is 22.4 Å². The smallest absolute Gasteiger partial charge is 0.362 e. The summed E-state index contributed by atoms with van der Waals surface area (Å²) < 4.78 is 54.9. The van der Waals surface area contributed by atoms with Crippen molar-refractivity contribution in [1.82, 2.24) is 40.4 Å². The Morgan fingerprint density at radius 3 is 2.56 bits per heavy atom. The zero-order valence-corrected chi connectivity index (χ0v) is 17.9. The van der Waals surface area contributed by atoms with Crippen molar-refractivity contribution >= 4 is 39.3 Å². The molecule has 0 fully saturated rings. The second kappa shape index (κ2) is 8.35. The number of hydrogen-bond acceptors (Lipinski definition) is 6. The van der Waals surface area contributed by atoms with Gasteiger partial charge >= 0.3 is 6.18 Å². The normalized spacial score (nSPS) is 14.2. The monoisotopic (exact) mass is 532 g/mol. The summed E-state index contributed by atoms with van der Waals surface area (Å²) in [5.74, 6) is -1.82. The van der Waals surface area contributed by atoms with Gasteiger partial charge in [-0.2, -0.15) is 28.5 Å². The van der Waals surface area contributed by atoms with Gasteiger partial charge in [-0.3, -0.25) is 4.79 Å². The maximum absolute atomic E-state index is 13.8. The fourth-order valence-corrected chi connectivity index (χ4v) is 3.40. The van der Waals surface area contributed by atoms with E-state index in [0.717, 1.165) is 18.3 Å². The van der Waals surface area contributed by atoms with Crippen molar-refractivity contribution in [3.63, 3.8) is 0 Å². The van der Waals surface area contributed by atoms with Crippen LogP contribution in [0.4, 0.5) is 17.6 Å². The number of nitrogens with zero attached hydrogens (tertiary/aromatic N) is 6. The molecule has 166 valence electrons. The number of amides is 1. The topological polar surface area (TPSA) is 103 Å². The maximum Gasteiger partial charge on any atom is 0.434 e. The molecule has 0 bridgehead atoms. The van der Waals surface area contributed by atoms with Gasteiger partial charge in [-0.25, -0.2) is 14.1 Å². The zero-order chi connectivity index (χ0) is 23.0. The first-order chi connectivity index (χ1) is 15.1. The standard InChI is InChI=1S/C17H10BrClF4N8O/c18-14-11(20)1-2-12(29-14)30-13(17(21,22)23)9(7-27-30)16(32)28-8-5-10(19)15(24-6-8)31-25-3-4-26-31/h1-5,7,24H,6H2,(H,28,32). The Balaban J connectivity index is 1.65. The third-order valence-electron chi connectivity index (χ3n) is 4.15. The fourth-order valence-electron chi connectivity index (χ4n) is 2.81. The summed E-state index contributed by atoms with van der Waals surface area (Å²) in [5, 5.41) is 16.9. The van der Waals surface area contributed by atoms with Gasteiger partial charge in [0.15, 0.2) is 23.1 Å². The molecular weight excluding hydrogens is 524 g/mol. The van der Waals surface area contributed by atoms with Crippen LogP contribution in [0.15, 0.2) is 52.1 Å². The minimum absolute atomic E-state index is 0.0424. The summed E-state index contributed by atoms with van der Waals surface area (Å²) in [5.41, 5.74) is -1.91. The highest BCUT2D eigenvalue weighted by Gasteiger charge is 2.41. The molecule has 4 heterocycles. The molecule has 1 aliphatic rings. The summed E-state index contributed by atoms with van der Waals surface area (Å²) in [6, 6.07) is 1.93. The molecule has 0 spiro atoms. The Morgan fingerprint density at radius 2 is 1.94 bits per heavy atom. The first-order valence-corrected chi connectivity index (χ1v) is 9.82. The van der Waals surface area contributed by atoms with E-state index in [2.05, 4.69) is 46.8 Å². The first-order valence-electron chi connectivity index (χ1n) is 8.65. The van der Waals surface area contributed by atoms with Crippen molar-refractivity contribution in [3.05, 3.63) is 69.2 Å². The minimum atomic E-state index is -4.96. The highest BCUT2D eigenvalue weighted by molar-refractivity contribution is 9.10. The fraction of sp³-hybridized carbons (Fsp3) is 0.118. The number of nitrogens with one attached hydrogen (secondary N) is 2. The zero-order valence-electron chi connectivity index (χ0n) is 15.5. The molecule has 0 unspecified atom stereocenters. The lowest BCUT2D eigenvalue weighted by Crippen LogP contribution is -2.34. The lowest BCUT2D eigenvalue weighted by atomic mass is 10.2. The van der Waals surface area contributed by atoms with Crippen LogP contribution in [0.25, 0.3) is 11.6 Å². The van der Waals surface area contributed by atoms with Crippen LogP contribution in [0, 0.1) is 5.82 Å². The molecule has 0 radical (unpaired) electrons. The number of carbonyl (C=O) groups is 1. The van der Waals surface area contributed by atoms with E-state index in [1.807, 2.05) is 0 Å². The maximum atomic E-state index is 13.8. The van der Waals surface area contributed by atoms with E-state index in [1.54, 1.807) is 0 Å². The van der Waals surface area contributed by atoms with Gasteiger partial charge in [-0.1, -0.05) is 11.6 Å². The molecule has 1 amide bonds. The van der Waals surface area contributed by atoms with Gasteiger partial charge in [-0.15, -0.1) is 4.80 Å². The summed E-state index contributed by atoms with van der Waals surface area (Å²) in [4.78, 5) is 17.6. The van der Waals surface area contributed by atoms with Gasteiger partial charge in [-0.05, 0) is 34.1 Å². The molecule has 0 aliphatic carbocycles. The van der Waals surface area contributed by atoms with Crippen LogP contribution in [0.2, 0.25) is 0 Å². The van der Waals surface area contributed by atoms with Crippen molar-refractivity contribution in [2.45, 2.75) is 6.18 Å². The molecule has 0 saturated carbocycles. The molecule has 0 saturated heterocycles. The minimum Gasteiger partial charge on any atom is -0.362 e. The van der Waals surface area contributed by atoms with E-state index >= 15 is 0 Å². The van der Waals surface area contributed by atoms with E-state index in [1.165, 1.54) is 23.3 Å². The largest absolute Gasteiger partial charge is 0.434 e.